The quantitative estimate of drug-likeness (QED) is 0.940. The van der Waals surface area contributed by atoms with Crippen molar-refractivity contribution in [1.82, 2.24) is 5.32 Å². The molecule has 1 amide bonds. The number of methoxy groups -OCH3 is 1. The average molecular weight is 301 g/mol. The predicted octanol–water partition coefficient (Wildman–Crippen LogP) is 3.40. The van der Waals surface area contributed by atoms with Gasteiger partial charge in [-0.25, -0.2) is 4.39 Å². The summed E-state index contributed by atoms with van der Waals surface area (Å²) in [4.78, 5) is 12.0. The minimum absolute atomic E-state index is 0.159. The van der Waals surface area contributed by atoms with Gasteiger partial charge >= 0.3 is 0 Å². The predicted molar refractivity (Wildman–Crippen MR) is 85.1 cm³/mol. The monoisotopic (exact) mass is 301 g/mol. The number of ether oxygens (including phenoxy) is 1. The summed E-state index contributed by atoms with van der Waals surface area (Å²) in [7, 11) is 3.16. The third-order valence-corrected chi connectivity index (χ3v) is 3.89. The van der Waals surface area contributed by atoms with Crippen LogP contribution in [0.15, 0.2) is 30.3 Å². The lowest BCUT2D eigenvalue weighted by Gasteiger charge is -2.14. The van der Waals surface area contributed by atoms with E-state index in [1.54, 1.807) is 26.3 Å². The van der Waals surface area contributed by atoms with E-state index in [4.69, 9.17) is 4.74 Å². The Morgan fingerprint density at radius 2 is 1.91 bits per heavy atom. The van der Waals surface area contributed by atoms with Crippen LogP contribution < -0.4 is 10.1 Å². The van der Waals surface area contributed by atoms with Gasteiger partial charge in [0, 0.05) is 12.6 Å². The fourth-order valence-electron chi connectivity index (χ4n) is 2.45. The summed E-state index contributed by atoms with van der Waals surface area (Å²) in [5.74, 6) is 0.203. The Kier molecular flexibility index (Phi) is 4.81. The largest absolute Gasteiger partial charge is 0.497 e. The Bertz CT molecular complexity index is 710. The van der Waals surface area contributed by atoms with Gasteiger partial charge in [0.05, 0.1) is 7.11 Å². The number of rotatable bonds is 4. The zero-order chi connectivity index (χ0) is 16.3. The minimum Gasteiger partial charge on any atom is -0.497 e. The number of halogens is 1. The Morgan fingerprint density at radius 1 is 1.18 bits per heavy atom. The fraction of sp³-hybridized carbons (Fsp3) is 0.278. The SMILES string of the molecule is CNC(=O)c1cc(OC)cc(Cc2cc(F)ccc2C)c1C. The van der Waals surface area contributed by atoms with Crippen LogP contribution in [0.2, 0.25) is 0 Å². The number of aryl methyl sites for hydroxylation is 1. The van der Waals surface area contributed by atoms with E-state index < -0.39 is 0 Å². The number of benzene rings is 2. The molecule has 0 atom stereocenters. The van der Waals surface area contributed by atoms with Gasteiger partial charge in [0.25, 0.3) is 5.91 Å². The van der Waals surface area contributed by atoms with E-state index in [-0.39, 0.29) is 11.7 Å². The van der Waals surface area contributed by atoms with E-state index in [1.165, 1.54) is 12.1 Å². The number of carbonyl (C=O) groups is 1. The highest BCUT2D eigenvalue weighted by Crippen LogP contribution is 2.25. The van der Waals surface area contributed by atoms with Crippen LogP contribution in [0.3, 0.4) is 0 Å². The van der Waals surface area contributed by atoms with E-state index in [0.29, 0.717) is 17.7 Å². The molecule has 0 aliphatic rings. The van der Waals surface area contributed by atoms with Gasteiger partial charge in [-0.3, -0.25) is 4.79 Å². The molecule has 0 fully saturated rings. The van der Waals surface area contributed by atoms with Crippen LogP contribution in [0.5, 0.6) is 5.75 Å². The number of amides is 1. The highest BCUT2D eigenvalue weighted by molar-refractivity contribution is 5.96. The maximum atomic E-state index is 13.5. The van der Waals surface area contributed by atoms with Crippen molar-refractivity contribution >= 4 is 5.91 Å². The molecule has 0 aromatic heterocycles. The van der Waals surface area contributed by atoms with Crippen molar-refractivity contribution < 1.29 is 13.9 Å². The normalized spacial score (nSPS) is 10.4. The molecule has 0 unspecified atom stereocenters. The second-order valence-electron chi connectivity index (χ2n) is 5.29. The van der Waals surface area contributed by atoms with Gasteiger partial charge in [-0.2, -0.15) is 0 Å². The van der Waals surface area contributed by atoms with E-state index in [9.17, 15) is 9.18 Å². The third kappa shape index (κ3) is 3.27. The van der Waals surface area contributed by atoms with Crippen molar-refractivity contribution in [2.45, 2.75) is 20.3 Å². The molecular weight excluding hydrogens is 281 g/mol. The number of hydrogen-bond donors (Lipinski definition) is 1. The van der Waals surface area contributed by atoms with Gasteiger partial charge in [-0.05, 0) is 66.8 Å². The van der Waals surface area contributed by atoms with Crippen molar-refractivity contribution in [1.29, 1.82) is 0 Å². The zero-order valence-corrected chi connectivity index (χ0v) is 13.3. The van der Waals surface area contributed by atoms with Crippen molar-refractivity contribution in [3.05, 3.63) is 64.0 Å². The van der Waals surface area contributed by atoms with Gasteiger partial charge < -0.3 is 10.1 Å². The van der Waals surface area contributed by atoms with Crippen molar-refractivity contribution in [2.75, 3.05) is 14.2 Å². The molecule has 0 saturated heterocycles. The zero-order valence-electron chi connectivity index (χ0n) is 13.3. The van der Waals surface area contributed by atoms with E-state index in [1.807, 2.05) is 19.9 Å². The van der Waals surface area contributed by atoms with E-state index >= 15 is 0 Å². The van der Waals surface area contributed by atoms with Gasteiger partial charge in [-0.1, -0.05) is 6.07 Å². The van der Waals surface area contributed by atoms with Gasteiger partial charge in [0.1, 0.15) is 11.6 Å². The smallest absolute Gasteiger partial charge is 0.251 e. The van der Waals surface area contributed by atoms with Crippen molar-refractivity contribution in [2.24, 2.45) is 0 Å². The third-order valence-electron chi connectivity index (χ3n) is 3.89. The lowest BCUT2D eigenvalue weighted by atomic mass is 9.94. The van der Waals surface area contributed by atoms with Crippen molar-refractivity contribution in [3.8, 4) is 5.75 Å². The first kappa shape index (κ1) is 16.0. The van der Waals surface area contributed by atoms with Gasteiger partial charge in [0.15, 0.2) is 0 Å². The first-order chi connectivity index (χ1) is 10.5. The van der Waals surface area contributed by atoms with Crippen LogP contribution in [0, 0.1) is 19.7 Å². The number of nitrogens with one attached hydrogen (secondary N) is 1. The summed E-state index contributed by atoms with van der Waals surface area (Å²) in [6.07, 6.45) is 0.552. The molecule has 22 heavy (non-hydrogen) atoms. The summed E-state index contributed by atoms with van der Waals surface area (Å²) in [5.41, 5.74) is 4.32. The molecule has 0 radical (unpaired) electrons. The van der Waals surface area contributed by atoms with Crippen LogP contribution in [-0.4, -0.2) is 20.1 Å². The highest BCUT2D eigenvalue weighted by atomic mass is 19.1. The van der Waals surface area contributed by atoms with E-state index in [0.717, 1.165) is 22.3 Å². The average Bonchev–Trinajstić information content (AvgIpc) is 2.52. The van der Waals surface area contributed by atoms with Gasteiger partial charge in [-0.15, -0.1) is 0 Å². The van der Waals surface area contributed by atoms with Crippen molar-refractivity contribution in [3.63, 3.8) is 0 Å². The molecule has 0 spiro atoms. The molecule has 116 valence electrons. The second kappa shape index (κ2) is 6.60. The molecule has 0 heterocycles. The molecule has 0 aliphatic heterocycles. The van der Waals surface area contributed by atoms with E-state index in [2.05, 4.69) is 5.32 Å². The lowest BCUT2D eigenvalue weighted by Crippen LogP contribution is -2.19. The molecule has 0 aliphatic carbocycles. The number of hydrogen-bond acceptors (Lipinski definition) is 2. The van der Waals surface area contributed by atoms with Crippen LogP contribution in [0.4, 0.5) is 4.39 Å². The molecular formula is C18H20FNO2. The molecule has 4 heteroatoms. The Balaban J connectivity index is 2.50. The highest BCUT2D eigenvalue weighted by Gasteiger charge is 2.14. The first-order valence-electron chi connectivity index (χ1n) is 7.11. The summed E-state index contributed by atoms with van der Waals surface area (Å²) >= 11 is 0. The molecule has 3 nitrogen and oxygen atoms in total. The topological polar surface area (TPSA) is 38.3 Å². The van der Waals surface area contributed by atoms with Crippen LogP contribution in [0.25, 0.3) is 0 Å². The maximum Gasteiger partial charge on any atom is 0.251 e. The summed E-state index contributed by atoms with van der Waals surface area (Å²) in [6.45, 7) is 3.85. The molecule has 0 bridgehead atoms. The fourth-order valence-corrected chi connectivity index (χ4v) is 2.45. The standard InChI is InChI=1S/C18H20FNO2/c1-11-5-6-15(19)8-13(11)7-14-9-16(22-4)10-17(12(14)2)18(21)20-3/h5-6,8-10H,7H2,1-4H3,(H,20,21). The van der Waals surface area contributed by atoms with Crippen LogP contribution in [-0.2, 0) is 6.42 Å². The molecule has 2 rings (SSSR count). The van der Waals surface area contributed by atoms with Gasteiger partial charge in [0.2, 0.25) is 0 Å². The lowest BCUT2D eigenvalue weighted by molar-refractivity contribution is 0.0962. The summed E-state index contributed by atoms with van der Waals surface area (Å²) in [6, 6.07) is 8.36. The Hall–Kier alpha value is -2.36. The molecule has 2 aromatic rings. The summed E-state index contributed by atoms with van der Waals surface area (Å²) in [5, 5.41) is 2.63. The van der Waals surface area contributed by atoms with Crippen LogP contribution >= 0.6 is 0 Å². The number of carbonyl (C=O) groups excluding carboxylic acids is 1. The summed E-state index contributed by atoms with van der Waals surface area (Å²) < 4.78 is 18.8. The second-order valence-corrected chi connectivity index (χ2v) is 5.29. The molecule has 2 aromatic carbocycles. The van der Waals surface area contributed by atoms with Crippen LogP contribution in [0.1, 0.15) is 32.6 Å². The first-order valence-corrected chi connectivity index (χ1v) is 7.11. The Morgan fingerprint density at radius 3 is 2.55 bits per heavy atom. The maximum absolute atomic E-state index is 13.5. The minimum atomic E-state index is -0.257. The molecule has 1 N–H and O–H groups in total. The Labute approximate surface area is 130 Å². The molecule has 0 saturated carbocycles.